The van der Waals surface area contributed by atoms with Crippen LogP contribution in [0.2, 0.25) is 0 Å². The van der Waals surface area contributed by atoms with Gasteiger partial charge in [-0.3, -0.25) is 9.20 Å². The molecule has 2 heterocycles. The second-order valence-electron chi connectivity index (χ2n) is 16.6. The standard InChI is InChI=1S/C57H33NO/c59-56-44-20-6-3-15-38(44)46-31-35(33-25-27-34(28-26-33)52-41-18-4-1-13-36(41)37-14-2-5-19-42(37)52)32-47-43-29-30-51-53(55(43)58(56)54(46)47)45-21-9-12-24-50(45)57(51)48-22-10-7-16-39(48)40-17-8-11-23-49(40)57/h1-32,52H. The number of pyridine rings is 1. The highest BCUT2D eigenvalue weighted by molar-refractivity contribution is 6.24. The lowest BCUT2D eigenvalue weighted by atomic mass is 9.70. The van der Waals surface area contributed by atoms with Crippen molar-refractivity contribution in [2.75, 3.05) is 0 Å². The number of hydrogen-bond acceptors (Lipinski definition) is 1. The smallest absolute Gasteiger partial charge is 0.263 e. The van der Waals surface area contributed by atoms with Gasteiger partial charge in [0.2, 0.25) is 0 Å². The minimum absolute atomic E-state index is 0.0291. The van der Waals surface area contributed by atoms with Gasteiger partial charge in [-0.05, 0) is 101 Å². The van der Waals surface area contributed by atoms with Crippen LogP contribution in [0.15, 0.2) is 199 Å². The summed E-state index contributed by atoms with van der Waals surface area (Å²) in [6.07, 6.45) is 0. The Bertz CT molecular complexity index is 3610. The quantitative estimate of drug-likeness (QED) is 0.161. The Labute approximate surface area is 340 Å². The third-order valence-corrected chi connectivity index (χ3v) is 14.0. The lowest BCUT2D eigenvalue weighted by Crippen LogP contribution is -2.25. The second-order valence-corrected chi connectivity index (χ2v) is 16.6. The number of rotatable bonds is 2. The number of nitrogens with zero attached hydrogens (tertiary/aromatic N) is 1. The van der Waals surface area contributed by atoms with Crippen LogP contribution in [0.25, 0.3) is 82.5 Å². The third-order valence-electron chi connectivity index (χ3n) is 14.0. The summed E-state index contributed by atoms with van der Waals surface area (Å²) in [5.74, 6) is 0.197. The Morgan fingerprint density at radius 1 is 0.373 bits per heavy atom. The molecule has 2 aromatic heterocycles. The number of benzene rings is 9. The average Bonchev–Trinajstić information content (AvgIpc) is 4.01. The van der Waals surface area contributed by atoms with Crippen LogP contribution in [0.1, 0.15) is 44.9 Å². The van der Waals surface area contributed by atoms with Crippen LogP contribution in [-0.2, 0) is 5.41 Å². The zero-order valence-electron chi connectivity index (χ0n) is 31.9. The van der Waals surface area contributed by atoms with Gasteiger partial charge in [-0.1, -0.05) is 176 Å². The van der Waals surface area contributed by atoms with E-state index in [1.165, 1.54) is 66.8 Å². The minimum atomic E-state index is -0.490. The summed E-state index contributed by atoms with van der Waals surface area (Å²) in [5.41, 5.74) is 20.5. The van der Waals surface area contributed by atoms with Crippen molar-refractivity contribution in [2.24, 2.45) is 0 Å². The Kier molecular flexibility index (Phi) is 5.93. The van der Waals surface area contributed by atoms with Crippen molar-refractivity contribution < 1.29 is 0 Å². The van der Waals surface area contributed by atoms with Gasteiger partial charge in [-0.2, -0.15) is 0 Å². The van der Waals surface area contributed by atoms with Crippen LogP contribution in [-0.4, -0.2) is 4.40 Å². The van der Waals surface area contributed by atoms with Crippen molar-refractivity contribution in [1.29, 1.82) is 0 Å². The maximum absolute atomic E-state index is 15.0. The molecule has 0 unspecified atom stereocenters. The van der Waals surface area contributed by atoms with Crippen LogP contribution < -0.4 is 5.56 Å². The molecular weight excluding hydrogens is 715 g/mol. The van der Waals surface area contributed by atoms with Crippen LogP contribution in [0, 0.1) is 0 Å². The monoisotopic (exact) mass is 747 g/mol. The van der Waals surface area contributed by atoms with E-state index in [9.17, 15) is 0 Å². The molecule has 272 valence electrons. The molecule has 0 saturated carbocycles. The van der Waals surface area contributed by atoms with Gasteiger partial charge in [-0.15, -0.1) is 0 Å². The summed E-state index contributed by atoms with van der Waals surface area (Å²) in [6, 6.07) is 71.1. The van der Waals surface area contributed by atoms with Crippen molar-refractivity contribution >= 4 is 38.0 Å². The molecule has 0 amide bonds. The van der Waals surface area contributed by atoms with Gasteiger partial charge in [0, 0.05) is 33.0 Å². The molecule has 1 spiro atoms. The first-order valence-corrected chi connectivity index (χ1v) is 20.6. The third kappa shape index (κ3) is 3.76. The Morgan fingerprint density at radius 3 is 1.53 bits per heavy atom. The fourth-order valence-corrected chi connectivity index (χ4v) is 11.8. The molecule has 0 saturated heterocycles. The summed E-state index contributed by atoms with van der Waals surface area (Å²) < 4.78 is 2.06. The summed E-state index contributed by atoms with van der Waals surface area (Å²) in [6.45, 7) is 0. The molecule has 59 heavy (non-hydrogen) atoms. The molecule has 0 N–H and O–H groups in total. The van der Waals surface area contributed by atoms with Gasteiger partial charge in [-0.25, -0.2) is 0 Å². The maximum atomic E-state index is 15.0. The lowest BCUT2D eigenvalue weighted by molar-refractivity contribution is 0.794. The van der Waals surface area contributed by atoms with Gasteiger partial charge in [0.05, 0.1) is 16.4 Å². The van der Waals surface area contributed by atoms with Gasteiger partial charge < -0.3 is 0 Å². The molecule has 0 fully saturated rings. The van der Waals surface area contributed by atoms with Crippen molar-refractivity contribution in [3.8, 4) is 44.5 Å². The number of fused-ring (bicyclic) bond motifs is 19. The maximum Gasteiger partial charge on any atom is 0.263 e. The number of aromatic nitrogens is 1. The zero-order chi connectivity index (χ0) is 38.6. The summed E-state index contributed by atoms with van der Waals surface area (Å²) >= 11 is 0. The van der Waals surface area contributed by atoms with E-state index < -0.39 is 5.41 Å². The molecular formula is C57H33NO. The van der Waals surface area contributed by atoms with E-state index in [0.29, 0.717) is 0 Å². The fourth-order valence-electron chi connectivity index (χ4n) is 11.8. The van der Waals surface area contributed by atoms with Crippen LogP contribution in [0.3, 0.4) is 0 Å². The van der Waals surface area contributed by atoms with Crippen molar-refractivity contribution in [3.63, 3.8) is 0 Å². The molecule has 0 radical (unpaired) electrons. The molecule has 2 heteroatoms. The summed E-state index contributed by atoms with van der Waals surface area (Å²) in [7, 11) is 0. The molecule has 0 atom stereocenters. The molecule has 11 aromatic rings. The van der Waals surface area contributed by atoms with E-state index in [-0.39, 0.29) is 11.5 Å². The molecule has 9 aromatic carbocycles. The Balaban J connectivity index is 1.05. The molecule has 0 aliphatic heterocycles. The molecule has 3 aliphatic rings. The van der Waals surface area contributed by atoms with Gasteiger partial charge in [0.15, 0.2) is 0 Å². The number of hydrogen-bond donors (Lipinski definition) is 0. The second kappa shape index (κ2) is 11.1. The van der Waals surface area contributed by atoms with E-state index in [2.05, 4.69) is 186 Å². The average molecular weight is 748 g/mol. The lowest BCUT2D eigenvalue weighted by Gasteiger charge is -2.30. The largest absolute Gasteiger partial charge is 0.274 e. The normalized spacial score (nSPS) is 14.2. The summed E-state index contributed by atoms with van der Waals surface area (Å²) in [5, 5.41) is 5.03. The van der Waals surface area contributed by atoms with Gasteiger partial charge >= 0.3 is 0 Å². The molecule has 3 aliphatic carbocycles. The van der Waals surface area contributed by atoms with Crippen molar-refractivity contribution in [3.05, 3.63) is 243 Å². The molecule has 14 rings (SSSR count). The van der Waals surface area contributed by atoms with E-state index >= 15 is 4.79 Å². The van der Waals surface area contributed by atoms with E-state index in [4.69, 9.17) is 0 Å². The highest BCUT2D eigenvalue weighted by Gasteiger charge is 2.52. The minimum Gasteiger partial charge on any atom is -0.274 e. The topological polar surface area (TPSA) is 21.5 Å². The van der Waals surface area contributed by atoms with E-state index in [1.54, 1.807) is 0 Å². The van der Waals surface area contributed by atoms with E-state index in [1.807, 2.05) is 12.1 Å². The van der Waals surface area contributed by atoms with Crippen LogP contribution in [0.4, 0.5) is 0 Å². The predicted molar refractivity (Wildman–Crippen MR) is 242 cm³/mol. The first-order valence-electron chi connectivity index (χ1n) is 20.6. The highest BCUT2D eigenvalue weighted by Crippen LogP contribution is 2.64. The van der Waals surface area contributed by atoms with Crippen molar-refractivity contribution in [2.45, 2.75) is 11.3 Å². The first kappa shape index (κ1) is 31.5. The molecule has 2 nitrogen and oxygen atoms in total. The predicted octanol–water partition coefficient (Wildman–Crippen LogP) is 13.4. The van der Waals surface area contributed by atoms with Gasteiger partial charge in [0.1, 0.15) is 0 Å². The van der Waals surface area contributed by atoms with E-state index in [0.717, 1.165) is 54.7 Å². The van der Waals surface area contributed by atoms with Crippen LogP contribution >= 0.6 is 0 Å². The van der Waals surface area contributed by atoms with Crippen LogP contribution in [0.5, 0.6) is 0 Å². The summed E-state index contributed by atoms with van der Waals surface area (Å²) in [4.78, 5) is 15.0. The van der Waals surface area contributed by atoms with Gasteiger partial charge in [0.25, 0.3) is 5.56 Å². The highest BCUT2D eigenvalue weighted by atomic mass is 16.1. The van der Waals surface area contributed by atoms with Crippen molar-refractivity contribution in [1.82, 2.24) is 4.40 Å². The first-order chi connectivity index (χ1) is 29.2. The molecule has 0 bridgehead atoms. The Morgan fingerprint density at radius 2 is 0.881 bits per heavy atom. The SMILES string of the molecule is O=c1c2ccccc2c2cc(-c3ccc(C4c5ccccc5-c5ccccc54)cc3)cc3c4ccc5c(c4n1c23)-c1ccccc1C51c2ccccc2-c2ccccc21. The zero-order valence-corrected chi connectivity index (χ0v) is 31.9. The Hall–Kier alpha value is -7.55. The fraction of sp³-hybridized carbons (Fsp3) is 0.0351.